The third-order valence-corrected chi connectivity index (χ3v) is 3.01. The van der Waals surface area contributed by atoms with Gasteiger partial charge < -0.3 is 21.1 Å². The minimum absolute atomic E-state index is 0.186. The molecule has 0 heterocycles. The van der Waals surface area contributed by atoms with Crippen molar-refractivity contribution in [1.29, 1.82) is 0 Å². The lowest BCUT2D eigenvalue weighted by Crippen LogP contribution is -2.37. The predicted molar refractivity (Wildman–Crippen MR) is 72.1 cm³/mol. The molecule has 1 aromatic rings. The normalized spacial score (nSPS) is 15.5. The molecule has 0 bridgehead atoms. The quantitative estimate of drug-likeness (QED) is 0.757. The van der Waals surface area contributed by atoms with Gasteiger partial charge in [0.2, 0.25) is 11.8 Å². The van der Waals surface area contributed by atoms with Gasteiger partial charge >= 0.3 is 0 Å². The number of rotatable bonds is 4. The number of ether oxygens (including phenoxy) is 1. The number of methoxy groups -OCH3 is 1. The summed E-state index contributed by atoms with van der Waals surface area (Å²) < 4.78 is 5.17. The Morgan fingerprint density at radius 3 is 2.53 bits per heavy atom. The molecule has 1 aromatic carbocycles. The van der Waals surface area contributed by atoms with Gasteiger partial charge in [-0.2, -0.15) is 0 Å². The number of hydrogen-bond donors (Lipinski definition) is 3. The van der Waals surface area contributed by atoms with Gasteiger partial charge in [0.25, 0.3) is 0 Å². The zero-order valence-electron chi connectivity index (χ0n) is 10.9. The first-order valence-electron chi connectivity index (χ1n) is 6.00. The highest BCUT2D eigenvalue weighted by Gasteiger charge is 2.45. The van der Waals surface area contributed by atoms with Gasteiger partial charge in [-0.3, -0.25) is 9.59 Å². The maximum atomic E-state index is 11.8. The first-order chi connectivity index (χ1) is 8.94. The number of nitrogens with one attached hydrogen (secondary N) is 2. The number of carbonyl (C=O) groups is 2. The molecule has 2 rings (SSSR count). The summed E-state index contributed by atoms with van der Waals surface area (Å²) in [7, 11) is 1.50. The van der Waals surface area contributed by atoms with Crippen LogP contribution < -0.4 is 21.1 Å². The summed E-state index contributed by atoms with van der Waals surface area (Å²) in [6.07, 6.45) is 1.42. The first kappa shape index (κ1) is 13.4. The van der Waals surface area contributed by atoms with E-state index in [1.165, 1.54) is 14.0 Å². The number of amides is 2. The van der Waals surface area contributed by atoms with Crippen LogP contribution in [0.3, 0.4) is 0 Å². The molecular weight excluding hydrogens is 246 g/mol. The topological polar surface area (TPSA) is 93.4 Å². The maximum absolute atomic E-state index is 11.8. The number of hydrogen-bond acceptors (Lipinski definition) is 4. The summed E-state index contributed by atoms with van der Waals surface area (Å²) in [5, 5.41) is 5.39. The maximum Gasteiger partial charge on any atom is 0.244 e. The van der Waals surface area contributed by atoms with Crippen molar-refractivity contribution in [1.82, 2.24) is 0 Å². The van der Waals surface area contributed by atoms with Gasteiger partial charge in [0.1, 0.15) is 5.75 Å². The zero-order chi connectivity index (χ0) is 14.0. The highest BCUT2D eigenvalue weighted by molar-refractivity contribution is 6.00. The van der Waals surface area contributed by atoms with Crippen LogP contribution in [0.1, 0.15) is 19.8 Å². The fraction of sp³-hybridized carbons (Fsp3) is 0.385. The van der Waals surface area contributed by atoms with Gasteiger partial charge in [-0.05, 0) is 25.0 Å². The van der Waals surface area contributed by atoms with Gasteiger partial charge in [-0.1, -0.05) is 0 Å². The van der Waals surface area contributed by atoms with Crippen molar-refractivity contribution < 1.29 is 14.3 Å². The lowest BCUT2D eigenvalue weighted by atomic mass is 10.2. The molecule has 1 aliphatic rings. The summed E-state index contributed by atoms with van der Waals surface area (Å²) in [5.74, 6) is 0.102. The van der Waals surface area contributed by atoms with E-state index < -0.39 is 5.54 Å². The Bertz CT molecular complexity index is 524. The molecule has 2 amide bonds. The molecule has 0 atom stereocenters. The van der Waals surface area contributed by atoms with Gasteiger partial charge in [-0.25, -0.2) is 0 Å². The average molecular weight is 263 g/mol. The zero-order valence-corrected chi connectivity index (χ0v) is 10.9. The van der Waals surface area contributed by atoms with Crippen molar-refractivity contribution in [3.63, 3.8) is 0 Å². The lowest BCUT2D eigenvalue weighted by Gasteiger charge is -2.13. The second-order valence-electron chi connectivity index (χ2n) is 4.71. The van der Waals surface area contributed by atoms with Gasteiger partial charge in [0, 0.05) is 18.7 Å². The molecule has 0 aromatic heterocycles. The largest absolute Gasteiger partial charge is 0.494 e. The van der Waals surface area contributed by atoms with Crippen molar-refractivity contribution >= 4 is 23.2 Å². The van der Waals surface area contributed by atoms with Crippen molar-refractivity contribution in [3.05, 3.63) is 18.2 Å². The Labute approximate surface area is 111 Å². The van der Waals surface area contributed by atoms with Crippen LogP contribution in [0.15, 0.2) is 18.2 Å². The summed E-state index contributed by atoms with van der Waals surface area (Å²) in [6.45, 7) is 1.42. The van der Waals surface area contributed by atoms with E-state index in [1.807, 2.05) is 0 Å². The van der Waals surface area contributed by atoms with Crippen LogP contribution in [0.2, 0.25) is 0 Å². The SMILES string of the molecule is COc1cc(NC(=O)C2(N)CC2)ccc1NC(C)=O. The van der Waals surface area contributed by atoms with Gasteiger partial charge in [0.05, 0.1) is 18.3 Å². The monoisotopic (exact) mass is 263 g/mol. The number of carbonyl (C=O) groups excluding carboxylic acids is 2. The Morgan fingerprint density at radius 2 is 2.00 bits per heavy atom. The molecular formula is C13H17N3O3. The van der Waals surface area contributed by atoms with Gasteiger partial charge in [0.15, 0.2) is 0 Å². The minimum Gasteiger partial charge on any atom is -0.494 e. The number of benzene rings is 1. The molecule has 0 radical (unpaired) electrons. The van der Waals surface area contributed by atoms with Crippen LogP contribution in [0.25, 0.3) is 0 Å². The first-order valence-corrected chi connectivity index (χ1v) is 6.00. The van der Waals surface area contributed by atoms with E-state index in [9.17, 15) is 9.59 Å². The van der Waals surface area contributed by atoms with E-state index in [0.717, 1.165) is 0 Å². The van der Waals surface area contributed by atoms with Crippen molar-refractivity contribution in [2.75, 3.05) is 17.7 Å². The molecule has 102 valence electrons. The van der Waals surface area contributed by atoms with E-state index in [4.69, 9.17) is 10.5 Å². The third-order valence-electron chi connectivity index (χ3n) is 3.01. The second kappa shape index (κ2) is 4.89. The van der Waals surface area contributed by atoms with E-state index in [2.05, 4.69) is 10.6 Å². The highest BCUT2D eigenvalue weighted by atomic mass is 16.5. The van der Waals surface area contributed by atoms with Crippen LogP contribution in [0.5, 0.6) is 5.75 Å². The Kier molecular flexibility index (Phi) is 3.44. The van der Waals surface area contributed by atoms with E-state index >= 15 is 0 Å². The lowest BCUT2D eigenvalue weighted by molar-refractivity contribution is -0.118. The molecule has 0 aliphatic heterocycles. The standard InChI is InChI=1S/C13H17N3O3/c1-8(17)15-10-4-3-9(7-11(10)19-2)16-12(18)13(14)5-6-13/h3-4,7H,5-6,14H2,1-2H3,(H,15,17)(H,16,18). The Balaban J connectivity index is 2.14. The van der Waals surface area contributed by atoms with Crippen LogP contribution in [-0.4, -0.2) is 24.5 Å². The summed E-state index contributed by atoms with van der Waals surface area (Å²) >= 11 is 0. The predicted octanol–water partition coefficient (Wildman–Crippen LogP) is 1.08. The fourth-order valence-electron chi connectivity index (χ4n) is 1.68. The summed E-state index contributed by atoms with van der Waals surface area (Å²) in [6, 6.07) is 5.01. The second-order valence-corrected chi connectivity index (χ2v) is 4.71. The Hall–Kier alpha value is -2.08. The third kappa shape index (κ3) is 3.03. The molecule has 0 unspecified atom stereocenters. The minimum atomic E-state index is -0.719. The van der Waals surface area contributed by atoms with Crippen LogP contribution in [0.4, 0.5) is 11.4 Å². The molecule has 1 fully saturated rings. The molecule has 4 N–H and O–H groups in total. The smallest absolute Gasteiger partial charge is 0.244 e. The molecule has 1 aliphatic carbocycles. The molecule has 19 heavy (non-hydrogen) atoms. The Morgan fingerprint density at radius 1 is 1.32 bits per heavy atom. The molecule has 0 saturated heterocycles. The molecule has 6 nitrogen and oxygen atoms in total. The molecule has 1 saturated carbocycles. The molecule has 6 heteroatoms. The fourth-order valence-corrected chi connectivity index (χ4v) is 1.68. The average Bonchev–Trinajstić information content (AvgIpc) is 3.10. The van der Waals surface area contributed by atoms with E-state index in [-0.39, 0.29) is 11.8 Å². The number of nitrogens with two attached hydrogens (primary N) is 1. The van der Waals surface area contributed by atoms with Crippen LogP contribution in [0, 0.1) is 0 Å². The van der Waals surface area contributed by atoms with E-state index in [0.29, 0.717) is 30.0 Å². The highest BCUT2D eigenvalue weighted by Crippen LogP contribution is 2.34. The summed E-state index contributed by atoms with van der Waals surface area (Å²) in [5.41, 5.74) is 6.23. The van der Waals surface area contributed by atoms with Crippen molar-refractivity contribution in [2.45, 2.75) is 25.3 Å². The van der Waals surface area contributed by atoms with Crippen LogP contribution >= 0.6 is 0 Å². The van der Waals surface area contributed by atoms with Crippen molar-refractivity contribution in [2.24, 2.45) is 5.73 Å². The van der Waals surface area contributed by atoms with Gasteiger partial charge in [-0.15, -0.1) is 0 Å². The summed E-state index contributed by atoms with van der Waals surface area (Å²) in [4.78, 5) is 22.8. The van der Waals surface area contributed by atoms with E-state index in [1.54, 1.807) is 18.2 Å². The van der Waals surface area contributed by atoms with Crippen LogP contribution in [-0.2, 0) is 9.59 Å². The van der Waals surface area contributed by atoms with Crippen molar-refractivity contribution in [3.8, 4) is 5.75 Å². The molecule has 0 spiro atoms. The number of anilines is 2.